The summed E-state index contributed by atoms with van der Waals surface area (Å²) in [5, 5.41) is 0. The molecule has 0 aliphatic rings. The molecular formula is C61H100O6. The topological polar surface area (TPSA) is 78.9 Å². The van der Waals surface area contributed by atoms with E-state index in [9.17, 15) is 14.4 Å². The van der Waals surface area contributed by atoms with Crippen molar-refractivity contribution in [3.63, 3.8) is 0 Å². The van der Waals surface area contributed by atoms with Crippen LogP contribution in [-0.2, 0) is 28.6 Å². The molecule has 1 atom stereocenters. The lowest BCUT2D eigenvalue weighted by Gasteiger charge is -2.18. The second kappa shape index (κ2) is 54.7. The molecule has 0 radical (unpaired) electrons. The minimum atomic E-state index is -0.819. The summed E-state index contributed by atoms with van der Waals surface area (Å²) in [6, 6.07) is 0. The second-order valence-electron chi connectivity index (χ2n) is 17.8. The van der Waals surface area contributed by atoms with Crippen LogP contribution in [0.5, 0.6) is 0 Å². The van der Waals surface area contributed by atoms with Crippen LogP contribution >= 0.6 is 0 Å². The first kappa shape index (κ1) is 63.1. The number of hydrogen-bond acceptors (Lipinski definition) is 6. The van der Waals surface area contributed by atoms with E-state index in [1.807, 2.05) is 0 Å². The average Bonchev–Trinajstić information content (AvgIpc) is 3.33. The molecule has 0 amide bonds. The number of allylic oxidation sites excluding steroid dienone is 18. The van der Waals surface area contributed by atoms with Gasteiger partial charge >= 0.3 is 17.9 Å². The van der Waals surface area contributed by atoms with Crippen LogP contribution in [0.15, 0.2) is 109 Å². The highest BCUT2D eigenvalue weighted by molar-refractivity contribution is 5.71. The average molecular weight is 929 g/mol. The lowest BCUT2D eigenvalue weighted by Crippen LogP contribution is -2.30. The van der Waals surface area contributed by atoms with Crippen molar-refractivity contribution in [3.8, 4) is 0 Å². The Hall–Kier alpha value is -3.93. The summed E-state index contributed by atoms with van der Waals surface area (Å²) in [6.45, 7) is 6.48. The van der Waals surface area contributed by atoms with Gasteiger partial charge in [0, 0.05) is 19.3 Å². The zero-order chi connectivity index (χ0) is 48.6. The van der Waals surface area contributed by atoms with Crippen molar-refractivity contribution < 1.29 is 28.6 Å². The first-order valence-corrected chi connectivity index (χ1v) is 27.4. The Kier molecular flexibility index (Phi) is 51.5. The number of hydrogen-bond donors (Lipinski definition) is 0. The molecule has 0 bridgehead atoms. The number of ether oxygens (including phenoxy) is 3. The van der Waals surface area contributed by atoms with E-state index in [0.29, 0.717) is 19.3 Å². The number of carbonyl (C=O) groups excluding carboxylic acids is 3. The third-order valence-electron chi connectivity index (χ3n) is 11.2. The van der Waals surface area contributed by atoms with Gasteiger partial charge in [0.05, 0.1) is 0 Å². The Morgan fingerprint density at radius 3 is 0.955 bits per heavy atom. The Bertz CT molecular complexity index is 1390. The molecular weight excluding hydrogens is 829 g/mol. The predicted octanol–water partition coefficient (Wildman–Crippen LogP) is 18.3. The Morgan fingerprint density at radius 2 is 0.552 bits per heavy atom. The van der Waals surface area contributed by atoms with Crippen molar-refractivity contribution in [1.29, 1.82) is 0 Å². The van der Waals surface area contributed by atoms with Crippen molar-refractivity contribution in [2.45, 2.75) is 245 Å². The molecule has 0 fully saturated rings. The summed E-state index contributed by atoms with van der Waals surface area (Å²) in [6.07, 6.45) is 73.6. The van der Waals surface area contributed by atoms with E-state index in [-0.39, 0.29) is 37.5 Å². The van der Waals surface area contributed by atoms with Gasteiger partial charge in [-0.2, -0.15) is 0 Å². The first-order valence-electron chi connectivity index (χ1n) is 27.4. The van der Waals surface area contributed by atoms with Gasteiger partial charge in [-0.1, -0.05) is 201 Å². The van der Waals surface area contributed by atoms with Crippen LogP contribution in [0, 0.1) is 0 Å². The van der Waals surface area contributed by atoms with E-state index in [1.54, 1.807) is 0 Å². The summed E-state index contributed by atoms with van der Waals surface area (Å²) in [7, 11) is 0. The number of carbonyl (C=O) groups is 3. The fraction of sp³-hybridized carbons (Fsp3) is 0.656. The van der Waals surface area contributed by atoms with Crippen LogP contribution in [0.2, 0.25) is 0 Å². The van der Waals surface area contributed by atoms with E-state index in [4.69, 9.17) is 14.2 Å². The van der Waals surface area contributed by atoms with E-state index in [2.05, 4.69) is 130 Å². The number of unbranched alkanes of at least 4 members (excludes halogenated alkanes) is 19. The van der Waals surface area contributed by atoms with E-state index in [0.717, 1.165) is 103 Å². The molecule has 67 heavy (non-hydrogen) atoms. The monoisotopic (exact) mass is 929 g/mol. The summed E-state index contributed by atoms with van der Waals surface area (Å²) in [5.74, 6) is -1.01. The third-order valence-corrected chi connectivity index (χ3v) is 11.2. The fourth-order valence-corrected chi connectivity index (χ4v) is 7.06. The number of esters is 3. The molecule has 0 aromatic carbocycles. The van der Waals surface area contributed by atoms with Crippen LogP contribution in [0.4, 0.5) is 0 Å². The third kappa shape index (κ3) is 52.9. The zero-order valence-corrected chi connectivity index (χ0v) is 43.4. The number of rotatable bonds is 48. The Morgan fingerprint density at radius 1 is 0.299 bits per heavy atom. The van der Waals surface area contributed by atoms with Gasteiger partial charge in [-0.3, -0.25) is 14.4 Å². The standard InChI is InChI=1S/C61H100O6/c1-4-7-10-13-16-19-22-25-27-29-30-32-34-37-39-42-45-48-51-54-60(63)66-57-58(67-61(64)55-52-49-46-43-40-35-24-21-18-15-12-9-6-3)56-65-59(62)53-50-47-44-41-38-36-33-31-28-26-23-20-17-14-11-8-5-2/h16-17,19-21,24-28,30,32-33,36-37,39,41,44,58H,4-15,18,22-23,29,31,34-35,38,40,42-43,45-57H2,1-3H3/b19-16-,20-17-,24-21-,27-25-,28-26-,32-30-,36-33-,39-37-,44-41-/t58-/m0/s1. The summed E-state index contributed by atoms with van der Waals surface area (Å²) in [5.41, 5.74) is 0. The predicted molar refractivity (Wildman–Crippen MR) is 288 cm³/mol. The van der Waals surface area contributed by atoms with E-state index in [1.165, 1.54) is 89.9 Å². The maximum atomic E-state index is 12.8. The van der Waals surface area contributed by atoms with Crippen molar-refractivity contribution in [1.82, 2.24) is 0 Å². The molecule has 380 valence electrons. The summed E-state index contributed by atoms with van der Waals surface area (Å²) >= 11 is 0. The molecule has 0 aromatic heterocycles. The molecule has 0 aromatic rings. The Labute approximate surface area is 412 Å². The van der Waals surface area contributed by atoms with Crippen LogP contribution in [0.1, 0.15) is 239 Å². The maximum absolute atomic E-state index is 12.8. The molecule has 0 rings (SSSR count). The molecule has 0 aliphatic heterocycles. The molecule has 0 saturated carbocycles. The molecule has 6 nitrogen and oxygen atoms in total. The van der Waals surface area contributed by atoms with Gasteiger partial charge in [0.1, 0.15) is 13.2 Å². The Balaban J connectivity index is 4.54. The van der Waals surface area contributed by atoms with Crippen molar-refractivity contribution in [2.24, 2.45) is 0 Å². The van der Waals surface area contributed by atoms with Gasteiger partial charge in [0.15, 0.2) is 6.10 Å². The van der Waals surface area contributed by atoms with Crippen LogP contribution in [-0.4, -0.2) is 37.2 Å². The SMILES string of the molecule is CCCCC/C=C\C/C=C\C/C=C\C/C=C\CCCCCC(=O)OC[C@H](COC(=O)CCC/C=C\C/C=C\C/C=C\C/C=C\CCCCC)OC(=O)CCCCCCC/C=C\CCCCCC. The van der Waals surface area contributed by atoms with Crippen LogP contribution in [0.3, 0.4) is 0 Å². The maximum Gasteiger partial charge on any atom is 0.306 e. The highest BCUT2D eigenvalue weighted by Gasteiger charge is 2.19. The molecule has 0 spiro atoms. The first-order chi connectivity index (χ1) is 33.0. The molecule has 0 N–H and O–H groups in total. The van der Waals surface area contributed by atoms with Gasteiger partial charge in [0.25, 0.3) is 0 Å². The molecule has 6 heteroatoms. The zero-order valence-electron chi connectivity index (χ0n) is 43.4. The fourth-order valence-electron chi connectivity index (χ4n) is 7.06. The van der Waals surface area contributed by atoms with Gasteiger partial charge in [-0.05, 0) is 128 Å². The largest absolute Gasteiger partial charge is 0.462 e. The highest BCUT2D eigenvalue weighted by Crippen LogP contribution is 2.12. The molecule has 0 saturated heterocycles. The van der Waals surface area contributed by atoms with Gasteiger partial charge in [-0.25, -0.2) is 0 Å². The van der Waals surface area contributed by atoms with E-state index >= 15 is 0 Å². The van der Waals surface area contributed by atoms with Gasteiger partial charge in [0.2, 0.25) is 0 Å². The van der Waals surface area contributed by atoms with Gasteiger partial charge in [-0.15, -0.1) is 0 Å². The molecule has 0 unspecified atom stereocenters. The van der Waals surface area contributed by atoms with Crippen molar-refractivity contribution in [2.75, 3.05) is 13.2 Å². The minimum Gasteiger partial charge on any atom is -0.462 e. The minimum absolute atomic E-state index is 0.117. The van der Waals surface area contributed by atoms with Crippen LogP contribution in [0.25, 0.3) is 0 Å². The second-order valence-corrected chi connectivity index (χ2v) is 17.8. The highest BCUT2D eigenvalue weighted by atomic mass is 16.6. The quantitative estimate of drug-likeness (QED) is 0.0262. The van der Waals surface area contributed by atoms with Crippen LogP contribution < -0.4 is 0 Å². The normalized spacial score (nSPS) is 12.9. The lowest BCUT2D eigenvalue weighted by atomic mass is 10.1. The van der Waals surface area contributed by atoms with Gasteiger partial charge < -0.3 is 14.2 Å². The molecule has 0 heterocycles. The van der Waals surface area contributed by atoms with E-state index < -0.39 is 6.10 Å². The summed E-state index contributed by atoms with van der Waals surface area (Å²) < 4.78 is 16.7. The summed E-state index contributed by atoms with van der Waals surface area (Å²) in [4.78, 5) is 38.0. The smallest absolute Gasteiger partial charge is 0.306 e. The van der Waals surface area contributed by atoms with Crippen molar-refractivity contribution in [3.05, 3.63) is 109 Å². The van der Waals surface area contributed by atoms with Crippen molar-refractivity contribution >= 4 is 17.9 Å². The lowest BCUT2D eigenvalue weighted by molar-refractivity contribution is -0.167. The molecule has 0 aliphatic carbocycles.